The van der Waals surface area contributed by atoms with Crippen LogP contribution in [0.1, 0.15) is 5.56 Å². The second kappa shape index (κ2) is 5.96. The molecule has 0 heterocycles. The first-order valence-corrected chi connectivity index (χ1v) is 6.39. The minimum atomic E-state index is -0.997. The normalized spacial score (nSPS) is 10.3. The summed E-state index contributed by atoms with van der Waals surface area (Å²) in [5.41, 5.74) is -0.160. The van der Waals surface area contributed by atoms with E-state index in [1.165, 1.54) is 0 Å². The highest BCUT2D eigenvalue weighted by Gasteiger charge is 2.20. The van der Waals surface area contributed by atoms with Gasteiger partial charge >= 0.3 is 0 Å². The molecule has 0 aliphatic carbocycles. The third kappa shape index (κ3) is 3.11. The third-order valence-corrected chi connectivity index (χ3v) is 3.42. The molecule has 0 saturated carbocycles. The maximum absolute atomic E-state index is 13.7. The molecule has 2 aromatic rings. The maximum atomic E-state index is 13.7. The van der Waals surface area contributed by atoms with Gasteiger partial charge in [-0.15, -0.1) is 0 Å². The van der Waals surface area contributed by atoms with Crippen molar-refractivity contribution in [2.45, 2.75) is 6.54 Å². The number of nitrogens with one attached hydrogen (secondary N) is 1. The Kier molecular flexibility index (Phi) is 4.29. The lowest BCUT2D eigenvalue weighted by atomic mass is 10.2. The molecule has 0 aliphatic rings. The van der Waals surface area contributed by atoms with Crippen LogP contribution in [-0.4, -0.2) is 4.92 Å². The van der Waals surface area contributed by atoms with Gasteiger partial charge in [0, 0.05) is 17.1 Å². The van der Waals surface area contributed by atoms with Crippen LogP contribution in [0, 0.1) is 21.7 Å². The lowest BCUT2D eigenvalue weighted by molar-refractivity contribution is -0.384. The van der Waals surface area contributed by atoms with Crippen molar-refractivity contribution >= 4 is 27.3 Å². The van der Waals surface area contributed by atoms with E-state index in [1.807, 2.05) is 6.07 Å². The molecule has 2 aromatic carbocycles. The summed E-state index contributed by atoms with van der Waals surface area (Å²) in [7, 11) is 0. The molecule has 0 spiro atoms. The zero-order chi connectivity index (χ0) is 14.7. The van der Waals surface area contributed by atoms with Crippen molar-refractivity contribution in [3.8, 4) is 0 Å². The summed E-state index contributed by atoms with van der Waals surface area (Å²) in [4.78, 5) is 10.0. The number of nitro benzene ring substituents is 1. The highest BCUT2D eigenvalue weighted by Crippen LogP contribution is 2.29. The van der Waals surface area contributed by atoms with Gasteiger partial charge in [-0.2, -0.15) is 0 Å². The minimum absolute atomic E-state index is 0.171. The van der Waals surface area contributed by atoms with Crippen molar-refractivity contribution in [3.63, 3.8) is 0 Å². The fourth-order valence-electron chi connectivity index (χ4n) is 1.70. The van der Waals surface area contributed by atoms with Gasteiger partial charge in [0.05, 0.1) is 11.0 Å². The SMILES string of the molecule is O=[N+]([O-])c1cc(F)cc(F)c1NCc1ccccc1Br. The van der Waals surface area contributed by atoms with Gasteiger partial charge in [0.1, 0.15) is 11.5 Å². The number of benzene rings is 2. The zero-order valence-electron chi connectivity index (χ0n) is 10.1. The van der Waals surface area contributed by atoms with E-state index in [9.17, 15) is 18.9 Å². The molecular formula is C13H9BrF2N2O2. The monoisotopic (exact) mass is 342 g/mol. The summed E-state index contributed by atoms with van der Waals surface area (Å²) in [6, 6.07) is 8.48. The molecule has 2 rings (SSSR count). The van der Waals surface area contributed by atoms with Crippen LogP contribution in [0.25, 0.3) is 0 Å². The van der Waals surface area contributed by atoms with Gasteiger partial charge in [0.2, 0.25) is 0 Å². The average Bonchev–Trinajstić information content (AvgIpc) is 2.38. The van der Waals surface area contributed by atoms with Crippen LogP contribution in [0.4, 0.5) is 20.2 Å². The number of halogens is 3. The first-order valence-electron chi connectivity index (χ1n) is 5.59. The van der Waals surface area contributed by atoms with Crippen molar-refractivity contribution < 1.29 is 13.7 Å². The van der Waals surface area contributed by atoms with Gasteiger partial charge < -0.3 is 5.32 Å². The highest BCUT2D eigenvalue weighted by atomic mass is 79.9. The predicted octanol–water partition coefficient (Wildman–Crippen LogP) is 4.25. The van der Waals surface area contributed by atoms with Crippen LogP contribution >= 0.6 is 15.9 Å². The number of rotatable bonds is 4. The Labute approximate surface area is 121 Å². The molecule has 0 unspecified atom stereocenters. The molecule has 20 heavy (non-hydrogen) atoms. The highest BCUT2D eigenvalue weighted by molar-refractivity contribution is 9.10. The van der Waals surface area contributed by atoms with Crippen LogP contribution in [0.2, 0.25) is 0 Å². The van der Waals surface area contributed by atoms with Gasteiger partial charge in [0.15, 0.2) is 5.82 Å². The van der Waals surface area contributed by atoms with Gasteiger partial charge in [-0.3, -0.25) is 10.1 Å². The smallest absolute Gasteiger partial charge is 0.298 e. The Balaban J connectivity index is 2.30. The topological polar surface area (TPSA) is 55.2 Å². The molecule has 104 valence electrons. The second-order valence-electron chi connectivity index (χ2n) is 3.98. The number of hydrogen-bond donors (Lipinski definition) is 1. The fraction of sp³-hybridized carbons (Fsp3) is 0.0769. The molecule has 0 aromatic heterocycles. The van der Waals surface area contributed by atoms with E-state index in [0.29, 0.717) is 12.1 Å². The summed E-state index contributed by atoms with van der Waals surface area (Å²) in [5.74, 6) is -1.98. The number of hydrogen-bond acceptors (Lipinski definition) is 3. The van der Waals surface area contributed by atoms with Crippen LogP contribution in [0.15, 0.2) is 40.9 Å². The summed E-state index contributed by atoms with van der Waals surface area (Å²) >= 11 is 3.32. The first-order chi connectivity index (χ1) is 9.49. The van der Waals surface area contributed by atoms with Crippen LogP contribution in [-0.2, 0) is 6.54 Å². The number of nitrogens with zero attached hydrogens (tertiary/aromatic N) is 1. The van der Waals surface area contributed by atoms with Gasteiger partial charge in [-0.05, 0) is 11.6 Å². The molecule has 0 fully saturated rings. The van der Waals surface area contributed by atoms with E-state index in [1.54, 1.807) is 18.2 Å². The van der Waals surface area contributed by atoms with E-state index in [0.717, 1.165) is 10.0 Å². The molecule has 0 atom stereocenters. The van der Waals surface area contributed by atoms with Crippen LogP contribution < -0.4 is 5.32 Å². The lowest BCUT2D eigenvalue weighted by Crippen LogP contribution is -2.06. The molecule has 0 radical (unpaired) electrons. The molecule has 0 bridgehead atoms. The summed E-state index contributed by atoms with van der Waals surface area (Å²) < 4.78 is 27.5. The summed E-state index contributed by atoms with van der Waals surface area (Å²) in [6.45, 7) is 0.171. The zero-order valence-corrected chi connectivity index (χ0v) is 11.7. The molecule has 0 amide bonds. The molecule has 0 aliphatic heterocycles. The maximum Gasteiger partial charge on any atom is 0.298 e. The number of anilines is 1. The predicted molar refractivity (Wildman–Crippen MR) is 74.5 cm³/mol. The lowest BCUT2D eigenvalue weighted by Gasteiger charge is -2.09. The Morgan fingerprint density at radius 2 is 1.95 bits per heavy atom. The Morgan fingerprint density at radius 1 is 1.25 bits per heavy atom. The van der Waals surface area contributed by atoms with E-state index < -0.39 is 22.2 Å². The van der Waals surface area contributed by atoms with Crippen molar-refractivity contribution in [1.29, 1.82) is 0 Å². The quantitative estimate of drug-likeness (QED) is 0.667. The van der Waals surface area contributed by atoms with E-state index in [-0.39, 0.29) is 12.2 Å². The van der Waals surface area contributed by atoms with E-state index >= 15 is 0 Å². The Morgan fingerprint density at radius 3 is 2.60 bits per heavy atom. The van der Waals surface area contributed by atoms with Crippen molar-refractivity contribution in [3.05, 3.63) is 68.2 Å². The third-order valence-electron chi connectivity index (χ3n) is 2.64. The second-order valence-corrected chi connectivity index (χ2v) is 4.84. The molecular weight excluding hydrogens is 334 g/mol. The summed E-state index contributed by atoms with van der Waals surface area (Å²) in [5, 5.41) is 13.5. The van der Waals surface area contributed by atoms with Crippen LogP contribution in [0.3, 0.4) is 0 Å². The Hall–Kier alpha value is -2.02. The van der Waals surface area contributed by atoms with Crippen LogP contribution in [0.5, 0.6) is 0 Å². The molecule has 0 saturated heterocycles. The van der Waals surface area contributed by atoms with Gasteiger partial charge in [-0.25, -0.2) is 8.78 Å². The molecule has 1 N–H and O–H groups in total. The van der Waals surface area contributed by atoms with Gasteiger partial charge in [0.25, 0.3) is 5.69 Å². The van der Waals surface area contributed by atoms with E-state index in [4.69, 9.17) is 0 Å². The van der Waals surface area contributed by atoms with Crippen molar-refractivity contribution in [1.82, 2.24) is 0 Å². The van der Waals surface area contributed by atoms with Crippen molar-refractivity contribution in [2.75, 3.05) is 5.32 Å². The van der Waals surface area contributed by atoms with Crippen molar-refractivity contribution in [2.24, 2.45) is 0 Å². The average molecular weight is 343 g/mol. The Bertz CT molecular complexity index is 665. The standard InChI is InChI=1S/C13H9BrF2N2O2/c14-10-4-2-1-3-8(10)7-17-13-11(16)5-9(15)6-12(13)18(19)20/h1-6,17H,7H2. The summed E-state index contributed by atoms with van der Waals surface area (Å²) in [6.07, 6.45) is 0. The first kappa shape index (κ1) is 14.4. The van der Waals surface area contributed by atoms with E-state index in [2.05, 4.69) is 21.2 Å². The molecule has 7 heteroatoms. The fourth-order valence-corrected chi connectivity index (χ4v) is 2.13. The molecule has 4 nitrogen and oxygen atoms in total. The largest absolute Gasteiger partial charge is 0.373 e. The minimum Gasteiger partial charge on any atom is -0.373 e. The van der Waals surface area contributed by atoms with Gasteiger partial charge in [-0.1, -0.05) is 34.1 Å². The number of nitro groups is 1.